The summed E-state index contributed by atoms with van der Waals surface area (Å²) in [6, 6.07) is 4.93. The Hall–Kier alpha value is -1.31. The van der Waals surface area contributed by atoms with E-state index in [2.05, 4.69) is 10.0 Å². The molecular weight excluding hydrogens is 304 g/mol. The number of nitrogens with one attached hydrogen (secondary N) is 2. The minimum absolute atomic E-state index is 0.0572. The highest BCUT2D eigenvalue weighted by molar-refractivity contribution is 7.89. The third-order valence-electron chi connectivity index (χ3n) is 3.89. The van der Waals surface area contributed by atoms with Crippen LogP contribution in [0.25, 0.3) is 0 Å². The fraction of sp³-hybridized carbons (Fsp3) is 0.600. The highest BCUT2D eigenvalue weighted by atomic mass is 32.2. The van der Waals surface area contributed by atoms with Gasteiger partial charge < -0.3 is 14.8 Å². The van der Waals surface area contributed by atoms with Crippen LogP contribution in [0, 0.1) is 5.92 Å². The maximum absolute atomic E-state index is 12.5. The lowest BCUT2D eigenvalue weighted by molar-refractivity contribution is 0.357. The Labute approximate surface area is 132 Å². The number of ether oxygens (including phenoxy) is 2. The lowest BCUT2D eigenvalue weighted by atomic mass is 9.96. The van der Waals surface area contributed by atoms with E-state index in [1.807, 2.05) is 0 Å². The fourth-order valence-electron chi connectivity index (χ4n) is 2.72. The van der Waals surface area contributed by atoms with Crippen molar-refractivity contribution in [2.24, 2.45) is 5.92 Å². The molecule has 0 aromatic heterocycles. The molecule has 6 nitrogen and oxygen atoms in total. The standard InChI is InChI=1S/C15H24N2O4S/c1-20-13-6-3-7-14(21-2)15(13)22(18,19)17-10-8-12-5-4-9-16-11-12/h3,6-7,12,16-17H,4-5,8-11H2,1-2H3. The van der Waals surface area contributed by atoms with E-state index in [9.17, 15) is 8.42 Å². The Kier molecular flexibility index (Phi) is 6.05. The van der Waals surface area contributed by atoms with Crippen LogP contribution in [-0.2, 0) is 10.0 Å². The van der Waals surface area contributed by atoms with Crippen molar-refractivity contribution in [2.75, 3.05) is 33.9 Å². The molecule has 1 fully saturated rings. The number of sulfonamides is 1. The molecule has 22 heavy (non-hydrogen) atoms. The fourth-order valence-corrected chi connectivity index (χ4v) is 4.09. The van der Waals surface area contributed by atoms with Crippen LogP contribution in [0.1, 0.15) is 19.3 Å². The third kappa shape index (κ3) is 4.12. The molecule has 2 rings (SSSR count). The van der Waals surface area contributed by atoms with Crippen LogP contribution >= 0.6 is 0 Å². The smallest absolute Gasteiger partial charge is 0.247 e. The summed E-state index contributed by atoms with van der Waals surface area (Å²) in [4.78, 5) is 0.0572. The molecule has 0 spiro atoms. The van der Waals surface area contributed by atoms with E-state index in [4.69, 9.17) is 9.47 Å². The number of methoxy groups -OCH3 is 2. The summed E-state index contributed by atoms with van der Waals surface area (Å²) >= 11 is 0. The van der Waals surface area contributed by atoms with Gasteiger partial charge in [-0.3, -0.25) is 0 Å². The number of piperidine rings is 1. The van der Waals surface area contributed by atoms with Crippen LogP contribution in [0.5, 0.6) is 11.5 Å². The molecule has 1 saturated heterocycles. The van der Waals surface area contributed by atoms with Gasteiger partial charge in [0.15, 0.2) is 4.90 Å². The van der Waals surface area contributed by atoms with E-state index >= 15 is 0 Å². The Balaban J connectivity index is 2.06. The minimum Gasteiger partial charge on any atom is -0.495 e. The summed E-state index contributed by atoms with van der Waals surface area (Å²) in [5.41, 5.74) is 0. The topological polar surface area (TPSA) is 76.7 Å². The Bertz CT molecular complexity index is 561. The summed E-state index contributed by atoms with van der Waals surface area (Å²) in [6.07, 6.45) is 3.12. The first-order valence-corrected chi connectivity index (χ1v) is 8.98. The molecule has 1 aromatic rings. The normalized spacial score (nSPS) is 18.9. The summed E-state index contributed by atoms with van der Waals surface area (Å²) in [5.74, 6) is 1.09. The number of hydrogen-bond donors (Lipinski definition) is 2. The van der Waals surface area contributed by atoms with Crippen LogP contribution in [0.2, 0.25) is 0 Å². The SMILES string of the molecule is COc1cccc(OC)c1S(=O)(=O)NCCC1CCCNC1. The second kappa shape index (κ2) is 7.80. The van der Waals surface area contributed by atoms with Gasteiger partial charge in [-0.05, 0) is 50.4 Å². The largest absolute Gasteiger partial charge is 0.495 e. The molecular formula is C15H24N2O4S. The van der Waals surface area contributed by atoms with E-state index in [1.165, 1.54) is 14.2 Å². The number of benzene rings is 1. The van der Waals surface area contributed by atoms with Crippen molar-refractivity contribution in [2.45, 2.75) is 24.2 Å². The minimum atomic E-state index is -3.67. The molecule has 0 bridgehead atoms. The summed E-state index contributed by atoms with van der Waals surface area (Å²) < 4.78 is 38.1. The predicted octanol–water partition coefficient (Wildman–Crippen LogP) is 1.37. The molecule has 0 saturated carbocycles. The van der Waals surface area contributed by atoms with E-state index in [-0.39, 0.29) is 16.4 Å². The zero-order valence-electron chi connectivity index (χ0n) is 13.1. The van der Waals surface area contributed by atoms with Gasteiger partial charge in [-0.1, -0.05) is 6.07 Å². The quantitative estimate of drug-likeness (QED) is 0.790. The second-order valence-corrected chi connectivity index (χ2v) is 7.09. The summed E-state index contributed by atoms with van der Waals surface area (Å²) in [6.45, 7) is 2.43. The number of hydrogen-bond acceptors (Lipinski definition) is 5. The van der Waals surface area contributed by atoms with Crippen LogP contribution in [0.4, 0.5) is 0 Å². The first-order chi connectivity index (χ1) is 10.6. The van der Waals surface area contributed by atoms with Crippen molar-refractivity contribution < 1.29 is 17.9 Å². The van der Waals surface area contributed by atoms with Gasteiger partial charge in [-0.25, -0.2) is 13.1 Å². The van der Waals surface area contributed by atoms with Gasteiger partial charge >= 0.3 is 0 Å². The first-order valence-electron chi connectivity index (χ1n) is 7.50. The van der Waals surface area contributed by atoms with Gasteiger partial charge in [0.1, 0.15) is 11.5 Å². The van der Waals surface area contributed by atoms with Crippen molar-refractivity contribution in [1.82, 2.24) is 10.0 Å². The molecule has 0 amide bonds. The van der Waals surface area contributed by atoms with E-state index in [0.717, 1.165) is 32.4 Å². The van der Waals surface area contributed by atoms with Crippen molar-refractivity contribution in [3.05, 3.63) is 18.2 Å². The molecule has 1 heterocycles. The molecule has 1 aliphatic heterocycles. The Morgan fingerprint density at radius 2 is 1.95 bits per heavy atom. The van der Waals surface area contributed by atoms with Gasteiger partial charge in [0.05, 0.1) is 14.2 Å². The monoisotopic (exact) mass is 328 g/mol. The lowest BCUT2D eigenvalue weighted by Gasteiger charge is -2.22. The van der Waals surface area contributed by atoms with Crippen LogP contribution < -0.4 is 19.5 Å². The second-order valence-electron chi connectivity index (χ2n) is 5.39. The zero-order chi connectivity index (χ0) is 16.0. The maximum Gasteiger partial charge on any atom is 0.247 e. The van der Waals surface area contributed by atoms with Crippen LogP contribution in [0.15, 0.2) is 23.1 Å². The summed E-state index contributed by atoms with van der Waals surface area (Å²) in [7, 11) is -0.775. The van der Waals surface area contributed by atoms with E-state index in [0.29, 0.717) is 12.5 Å². The average molecular weight is 328 g/mol. The van der Waals surface area contributed by atoms with Crippen molar-refractivity contribution in [3.8, 4) is 11.5 Å². The zero-order valence-corrected chi connectivity index (χ0v) is 13.9. The molecule has 1 aliphatic rings. The predicted molar refractivity (Wildman–Crippen MR) is 84.9 cm³/mol. The lowest BCUT2D eigenvalue weighted by Crippen LogP contribution is -2.33. The van der Waals surface area contributed by atoms with Crippen molar-refractivity contribution >= 4 is 10.0 Å². The molecule has 2 N–H and O–H groups in total. The van der Waals surface area contributed by atoms with Gasteiger partial charge in [0, 0.05) is 6.54 Å². The molecule has 1 aromatic carbocycles. The van der Waals surface area contributed by atoms with Gasteiger partial charge in [-0.15, -0.1) is 0 Å². The van der Waals surface area contributed by atoms with E-state index < -0.39 is 10.0 Å². The molecule has 1 unspecified atom stereocenters. The maximum atomic E-state index is 12.5. The highest BCUT2D eigenvalue weighted by Gasteiger charge is 2.24. The molecule has 124 valence electrons. The summed E-state index contributed by atoms with van der Waals surface area (Å²) in [5, 5.41) is 3.33. The van der Waals surface area contributed by atoms with Gasteiger partial charge in [-0.2, -0.15) is 0 Å². The van der Waals surface area contributed by atoms with Crippen molar-refractivity contribution in [1.29, 1.82) is 0 Å². The average Bonchev–Trinajstić information content (AvgIpc) is 2.54. The van der Waals surface area contributed by atoms with Crippen LogP contribution in [0.3, 0.4) is 0 Å². The van der Waals surface area contributed by atoms with Crippen molar-refractivity contribution in [3.63, 3.8) is 0 Å². The third-order valence-corrected chi connectivity index (χ3v) is 5.42. The first kappa shape index (κ1) is 17.1. The van der Waals surface area contributed by atoms with Gasteiger partial charge in [0.2, 0.25) is 10.0 Å². The molecule has 0 aliphatic carbocycles. The Morgan fingerprint density at radius 3 is 2.50 bits per heavy atom. The van der Waals surface area contributed by atoms with E-state index in [1.54, 1.807) is 18.2 Å². The molecule has 1 atom stereocenters. The molecule has 7 heteroatoms. The van der Waals surface area contributed by atoms with Gasteiger partial charge in [0.25, 0.3) is 0 Å². The van der Waals surface area contributed by atoms with Crippen LogP contribution in [-0.4, -0.2) is 42.3 Å². The molecule has 0 radical (unpaired) electrons. The Morgan fingerprint density at radius 1 is 1.27 bits per heavy atom. The highest BCUT2D eigenvalue weighted by Crippen LogP contribution is 2.32. The number of rotatable bonds is 7.